The Kier molecular flexibility index (Phi) is 2.23. The predicted octanol–water partition coefficient (Wildman–Crippen LogP) is 10.2. The van der Waals surface area contributed by atoms with Crippen molar-refractivity contribution < 1.29 is 6.51 Å². The fourth-order valence-corrected chi connectivity index (χ4v) is 120. The number of nitrogens with zero attached hydrogens (tertiary/aromatic N) is 2. The molecule has 0 amide bonds. The van der Waals surface area contributed by atoms with Crippen molar-refractivity contribution in [2.45, 2.75) is 123 Å². The maximum atomic E-state index is 5.18. The summed E-state index contributed by atoms with van der Waals surface area (Å²) in [5, 5.41) is 0. The Hall–Kier alpha value is -0.321. The van der Waals surface area contributed by atoms with E-state index < -0.39 is 14.4 Å². The van der Waals surface area contributed by atoms with Crippen LogP contribution in [-0.4, -0.2) is 33.6 Å². The molecule has 5 unspecified atom stereocenters. The van der Waals surface area contributed by atoms with Gasteiger partial charge in [0.1, 0.15) is 0 Å². The first-order chi connectivity index (χ1) is 22.9. The van der Waals surface area contributed by atoms with Crippen LogP contribution in [0.2, 0.25) is 47.2 Å². The van der Waals surface area contributed by atoms with Gasteiger partial charge in [0.25, 0.3) is 0 Å². The standard InChI is InChI=1S/C37H45N2P2.C5H5.Fe/c1-3-10-38-34(8-1)40(35-9-2-4-11-39-35)22-28-6-5-7-29(28)23-41(36-30-14-24-12-25(16-30)17-31(36)15-24)37-32-18-26-13-27(20-32)21-33(37)19-26;1-2-4-5-3-1;/h1-11,24-27,30-33,36-37H,12-23H2;1-5H;. The average Bonchev–Trinajstić information content (AvgIpc) is 4.03. The van der Waals surface area contributed by atoms with Crippen LogP contribution in [0.15, 0.2) is 48.8 Å². The molecule has 1 spiro atoms. The normalized spacial score (nSPS) is 76.4. The van der Waals surface area contributed by atoms with Crippen LogP contribution >= 0.6 is 15.8 Å². The van der Waals surface area contributed by atoms with Gasteiger partial charge in [-0.1, -0.05) is 0 Å². The van der Waals surface area contributed by atoms with Crippen molar-refractivity contribution in [2.75, 3.05) is 12.3 Å². The molecule has 0 aromatic carbocycles. The van der Waals surface area contributed by atoms with E-state index in [4.69, 9.17) is 9.97 Å². The number of rotatable bonds is 8. The third-order valence-electron chi connectivity index (χ3n) is 27.3. The summed E-state index contributed by atoms with van der Waals surface area (Å²) in [4.78, 5) is 21.6. The zero-order valence-corrected chi connectivity index (χ0v) is 30.5. The van der Waals surface area contributed by atoms with Crippen molar-refractivity contribution in [3.05, 3.63) is 48.8 Å². The molecule has 8 aliphatic carbocycles. The Balaban J connectivity index is 0.846. The van der Waals surface area contributed by atoms with Crippen LogP contribution in [-0.2, 0) is 6.51 Å². The Bertz CT molecular complexity index is 2120. The molecule has 0 N–H and O–H groups in total. The molecule has 12 heterocycles. The van der Waals surface area contributed by atoms with E-state index >= 15 is 0 Å². The molecule has 47 heavy (non-hydrogen) atoms. The summed E-state index contributed by atoms with van der Waals surface area (Å²) in [6.45, 7) is -3.64. The minimum absolute atomic E-state index is 0.179. The molecule has 2 aromatic rings. The number of fused-ring (bicyclic) bond motifs is 10. The van der Waals surface area contributed by atoms with Gasteiger partial charge in [0.15, 0.2) is 0 Å². The summed E-state index contributed by atoms with van der Waals surface area (Å²) in [5.74, 6) is 9.22. The van der Waals surface area contributed by atoms with Crippen molar-refractivity contribution in [1.29, 1.82) is 0 Å². The van der Waals surface area contributed by atoms with Crippen molar-refractivity contribution in [1.82, 2.24) is 9.97 Å². The van der Waals surface area contributed by atoms with E-state index in [1.54, 1.807) is 70.4 Å². The topological polar surface area (TPSA) is 25.8 Å². The third-order valence-corrected chi connectivity index (χ3v) is 78.4. The van der Waals surface area contributed by atoms with Crippen LogP contribution in [0, 0.1) is 47.3 Å². The molecule has 18 fully saturated rings. The van der Waals surface area contributed by atoms with Gasteiger partial charge in [-0.2, -0.15) is 0 Å². The van der Waals surface area contributed by atoms with Gasteiger partial charge in [-0.05, 0) is 0 Å². The fourth-order valence-electron chi connectivity index (χ4n) is 29.5. The Morgan fingerprint density at radius 2 is 0.957 bits per heavy atom. The molecule has 18 aliphatic rings. The zero-order valence-electron chi connectivity index (χ0n) is 27.6. The predicted molar refractivity (Wildman–Crippen MR) is 188 cm³/mol. The quantitative estimate of drug-likeness (QED) is 0.202. The number of hydrogen-bond donors (Lipinski definition) is 0. The van der Waals surface area contributed by atoms with Crippen LogP contribution < -0.4 is 10.9 Å². The van der Waals surface area contributed by atoms with E-state index in [9.17, 15) is 0 Å². The van der Waals surface area contributed by atoms with Crippen LogP contribution in [0.3, 0.4) is 0 Å². The van der Waals surface area contributed by atoms with E-state index in [-0.39, 0.29) is 7.92 Å². The van der Waals surface area contributed by atoms with Crippen molar-refractivity contribution in [3.63, 3.8) is 0 Å². The Morgan fingerprint density at radius 3 is 1.32 bits per heavy atom. The first kappa shape index (κ1) is 24.0. The first-order valence-corrected chi connectivity index (χ1v) is 29.9. The van der Waals surface area contributed by atoms with Crippen molar-refractivity contribution in [3.8, 4) is 0 Å². The van der Waals surface area contributed by atoms with Crippen LogP contribution in [0.25, 0.3) is 0 Å². The van der Waals surface area contributed by atoms with E-state index in [0.29, 0.717) is 0 Å². The molecule has 246 valence electrons. The van der Waals surface area contributed by atoms with E-state index in [1.165, 1.54) is 60.7 Å². The molecule has 2 aromatic heterocycles. The number of aromatic nitrogens is 2. The fraction of sp³-hybridized carbons (Fsp3) is 0.762. The molecule has 5 heteroatoms. The molecular weight excluding hydrogens is 650 g/mol. The summed E-state index contributed by atoms with van der Waals surface area (Å²) in [5.41, 5.74) is 5.28. The van der Waals surface area contributed by atoms with Gasteiger partial charge in [0.2, 0.25) is 0 Å². The van der Waals surface area contributed by atoms with Gasteiger partial charge >= 0.3 is 274 Å². The Morgan fingerprint density at radius 1 is 0.532 bits per heavy atom. The Labute approximate surface area is 273 Å². The van der Waals surface area contributed by atoms with Gasteiger partial charge in [-0.3, -0.25) is 0 Å². The first-order valence-electron chi connectivity index (χ1n) is 20.5. The SMILES string of the molecule is c1ccc(P(C[C]23[CH]4[CH]5[CH]6[C]2(CP(C2C7CC8CC(C7)CC2C8)C2C7CC8CC(C7)CC2C8)[Fe]54632789[CH]3[CH]2[CH]7[CH]8[CH]39)c2ccccn2)nc1. The van der Waals surface area contributed by atoms with E-state index in [1.807, 2.05) is 6.16 Å². The maximum absolute atomic E-state index is 5.18. The molecule has 2 nitrogen and oxygen atoms in total. The summed E-state index contributed by atoms with van der Waals surface area (Å²) >= 11 is 0. The summed E-state index contributed by atoms with van der Waals surface area (Å²) in [7, 11) is -0.263. The molecule has 5 atom stereocenters. The second-order valence-electron chi connectivity index (χ2n) is 23.5. The van der Waals surface area contributed by atoms with Gasteiger partial charge < -0.3 is 0 Å². The average molecular weight is 701 g/mol. The second-order valence-corrected chi connectivity index (χ2v) is 51.6. The van der Waals surface area contributed by atoms with E-state index in [0.717, 1.165) is 56.0 Å². The molecular formula is C42H50FeN2P2. The summed E-state index contributed by atoms with van der Waals surface area (Å²) < 4.78 is 1.90. The third kappa shape index (κ3) is 0.827. The monoisotopic (exact) mass is 700 g/mol. The van der Waals surface area contributed by atoms with Gasteiger partial charge in [0, 0.05) is 0 Å². The summed E-state index contributed by atoms with van der Waals surface area (Å²) in [6.07, 6.45) is 24.4. The van der Waals surface area contributed by atoms with Crippen molar-refractivity contribution in [2.24, 2.45) is 47.3 Å². The molecule has 0 radical (unpaired) electrons. The van der Waals surface area contributed by atoms with E-state index in [2.05, 4.69) is 48.8 Å². The molecule has 20 rings (SSSR count). The molecule has 8 saturated carbocycles. The van der Waals surface area contributed by atoms with Gasteiger partial charge in [-0.15, -0.1) is 0 Å². The second kappa shape index (κ2) is 4.36. The zero-order chi connectivity index (χ0) is 29.6. The molecule has 8 bridgehead atoms. The number of pyridine rings is 2. The minimum atomic E-state index is -3.64. The molecule has 10 saturated heterocycles. The van der Waals surface area contributed by atoms with Crippen LogP contribution in [0.5, 0.6) is 0 Å². The number of hydrogen-bond acceptors (Lipinski definition) is 2. The molecule has 10 aliphatic heterocycles. The van der Waals surface area contributed by atoms with Gasteiger partial charge in [-0.25, -0.2) is 0 Å². The van der Waals surface area contributed by atoms with Crippen LogP contribution in [0.4, 0.5) is 0 Å². The van der Waals surface area contributed by atoms with Crippen molar-refractivity contribution >= 4 is 26.7 Å². The van der Waals surface area contributed by atoms with Gasteiger partial charge in [0.05, 0.1) is 0 Å². The summed E-state index contributed by atoms with van der Waals surface area (Å²) in [6, 6.07) is 13.8. The van der Waals surface area contributed by atoms with Crippen LogP contribution in [0.1, 0.15) is 64.2 Å².